The lowest BCUT2D eigenvalue weighted by molar-refractivity contribution is 1.42. The van der Waals surface area contributed by atoms with Gasteiger partial charge in [-0.25, -0.2) is 4.98 Å². The van der Waals surface area contributed by atoms with Gasteiger partial charge in [0.1, 0.15) is 0 Å². The van der Waals surface area contributed by atoms with Crippen molar-refractivity contribution < 1.29 is 0 Å². The van der Waals surface area contributed by atoms with Crippen molar-refractivity contribution in [2.75, 3.05) is 0 Å². The molecule has 0 amide bonds. The molecule has 1 nitrogen and oxygen atoms in total. The molecule has 0 radical (unpaired) electrons. The summed E-state index contributed by atoms with van der Waals surface area (Å²) in [7, 11) is 0. The maximum Gasteiger partial charge on any atom is 0.184 e. The number of rotatable bonds is 1. The van der Waals surface area contributed by atoms with Crippen LogP contribution in [0.2, 0.25) is 4.47 Å². The molecule has 0 N–H and O–H groups in total. The molecule has 0 atom stereocenters. The highest BCUT2D eigenvalue weighted by atomic mass is 35.5. The van der Waals surface area contributed by atoms with Crippen molar-refractivity contribution in [2.24, 2.45) is 0 Å². The zero-order valence-electron chi connectivity index (χ0n) is 5.45. The first-order valence-electron chi connectivity index (χ1n) is 3.00. The van der Waals surface area contributed by atoms with Crippen LogP contribution >= 0.6 is 34.3 Å². The molecule has 0 aromatic carbocycles. The summed E-state index contributed by atoms with van der Waals surface area (Å²) in [6.45, 7) is 0. The number of aromatic nitrogens is 1. The van der Waals surface area contributed by atoms with Crippen LogP contribution in [0.5, 0.6) is 0 Å². The van der Waals surface area contributed by atoms with Gasteiger partial charge in [0.05, 0.1) is 5.69 Å². The van der Waals surface area contributed by atoms with Gasteiger partial charge < -0.3 is 0 Å². The third-order valence-electron chi connectivity index (χ3n) is 1.29. The van der Waals surface area contributed by atoms with Crippen LogP contribution in [0.3, 0.4) is 0 Å². The van der Waals surface area contributed by atoms with Crippen molar-refractivity contribution in [1.29, 1.82) is 0 Å². The van der Waals surface area contributed by atoms with Crippen LogP contribution in [0, 0.1) is 0 Å². The number of nitrogens with zero attached hydrogens (tertiary/aromatic N) is 1. The Morgan fingerprint density at radius 2 is 2.27 bits per heavy atom. The summed E-state index contributed by atoms with van der Waals surface area (Å²) in [5, 5.41) is 6.05. The molecule has 0 aliphatic carbocycles. The third-order valence-corrected chi connectivity index (χ3v) is 2.96. The molecule has 2 aromatic heterocycles. The fraction of sp³-hybridized carbons (Fsp3) is 0. The molecule has 0 aliphatic heterocycles. The minimum atomic E-state index is 0.603. The maximum absolute atomic E-state index is 5.69. The Labute approximate surface area is 77.3 Å². The van der Waals surface area contributed by atoms with Crippen molar-refractivity contribution >= 4 is 34.3 Å². The van der Waals surface area contributed by atoms with Gasteiger partial charge in [0.15, 0.2) is 4.47 Å². The van der Waals surface area contributed by atoms with E-state index >= 15 is 0 Å². The first kappa shape index (κ1) is 7.28. The van der Waals surface area contributed by atoms with Gasteiger partial charge in [-0.3, -0.25) is 0 Å². The van der Waals surface area contributed by atoms with Gasteiger partial charge >= 0.3 is 0 Å². The molecule has 11 heavy (non-hydrogen) atoms. The molecule has 0 saturated heterocycles. The quantitative estimate of drug-likeness (QED) is 0.688. The SMILES string of the molecule is Clc1nc(-c2ccsc2)cs1. The highest BCUT2D eigenvalue weighted by Gasteiger charge is 2.01. The molecule has 0 bridgehead atoms. The lowest BCUT2D eigenvalue weighted by Crippen LogP contribution is -1.69. The van der Waals surface area contributed by atoms with Gasteiger partial charge in [0.2, 0.25) is 0 Å². The minimum absolute atomic E-state index is 0.603. The lowest BCUT2D eigenvalue weighted by Gasteiger charge is -1.84. The molecule has 0 unspecified atom stereocenters. The molecular weight excluding hydrogens is 198 g/mol. The summed E-state index contributed by atoms with van der Waals surface area (Å²) < 4.78 is 0.603. The van der Waals surface area contributed by atoms with Crippen molar-refractivity contribution in [1.82, 2.24) is 4.98 Å². The Kier molecular flexibility index (Phi) is 1.94. The summed E-state index contributed by atoms with van der Waals surface area (Å²) in [6.07, 6.45) is 0. The van der Waals surface area contributed by atoms with E-state index in [4.69, 9.17) is 11.6 Å². The molecule has 0 saturated carbocycles. The second-order valence-corrected chi connectivity index (χ2v) is 4.22. The third kappa shape index (κ3) is 1.45. The number of hydrogen-bond acceptors (Lipinski definition) is 3. The van der Waals surface area contributed by atoms with E-state index in [-0.39, 0.29) is 0 Å². The number of thiazole rings is 1. The van der Waals surface area contributed by atoms with Crippen LogP contribution in [0.1, 0.15) is 0 Å². The predicted octanol–water partition coefficient (Wildman–Crippen LogP) is 3.53. The minimum Gasteiger partial charge on any atom is -0.225 e. The second kappa shape index (κ2) is 2.93. The fourth-order valence-corrected chi connectivity index (χ4v) is 2.22. The molecule has 4 heteroatoms. The second-order valence-electron chi connectivity index (χ2n) is 2.00. The van der Waals surface area contributed by atoms with Crippen molar-refractivity contribution in [3.8, 4) is 11.3 Å². The van der Waals surface area contributed by atoms with E-state index in [1.54, 1.807) is 11.3 Å². The predicted molar refractivity (Wildman–Crippen MR) is 50.4 cm³/mol. The molecular formula is C7H4ClNS2. The summed E-state index contributed by atoms with van der Waals surface area (Å²) in [5.41, 5.74) is 2.12. The van der Waals surface area contributed by atoms with Gasteiger partial charge in [0.25, 0.3) is 0 Å². The molecule has 2 aromatic rings. The van der Waals surface area contributed by atoms with E-state index in [1.165, 1.54) is 11.3 Å². The average Bonchev–Trinajstić information content (AvgIpc) is 2.55. The molecule has 2 heterocycles. The smallest absolute Gasteiger partial charge is 0.184 e. The van der Waals surface area contributed by atoms with Crippen molar-refractivity contribution in [2.45, 2.75) is 0 Å². The lowest BCUT2D eigenvalue weighted by atomic mass is 10.3. The van der Waals surface area contributed by atoms with E-state index in [2.05, 4.69) is 10.4 Å². The normalized spacial score (nSPS) is 10.3. The highest BCUT2D eigenvalue weighted by Crippen LogP contribution is 2.25. The number of hydrogen-bond donors (Lipinski definition) is 0. The highest BCUT2D eigenvalue weighted by molar-refractivity contribution is 7.14. The summed E-state index contributed by atoms with van der Waals surface area (Å²) in [4.78, 5) is 4.14. The van der Waals surface area contributed by atoms with E-state index in [9.17, 15) is 0 Å². The van der Waals surface area contributed by atoms with Crippen LogP contribution in [-0.2, 0) is 0 Å². The summed E-state index contributed by atoms with van der Waals surface area (Å²) in [5.74, 6) is 0. The Balaban J connectivity index is 2.45. The van der Waals surface area contributed by atoms with Gasteiger partial charge in [0, 0.05) is 16.3 Å². The zero-order valence-corrected chi connectivity index (χ0v) is 7.84. The first-order chi connectivity index (χ1) is 5.36. The standard InChI is InChI=1S/C7H4ClNS2/c8-7-9-6(4-11-7)5-1-2-10-3-5/h1-4H. The molecule has 0 fully saturated rings. The molecule has 0 aliphatic rings. The largest absolute Gasteiger partial charge is 0.225 e. The summed E-state index contributed by atoms with van der Waals surface area (Å²) in [6, 6.07) is 2.04. The number of halogens is 1. The number of thiophene rings is 1. The van der Waals surface area contributed by atoms with Gasteiger partial charge in [-0.05, 0) is 11.4 Å². The van der Waals surface area contributed by atoms with Crippen LogP contribution in [-0.4, -0.2) is 4.98 Å². The van der Waals surface area contributed by atoms with Crippen molar-refractivity contribution in [3.05, 3.63) is 26.7 Å². The Morgan fingerprint density at radius 3 is 2.82 bits per heavy atom. The fourth-order valence-electron chi connectivity index (χ4n) is 0.795. The first-order valence-corrected chi connectivity index (χ1v) is 5.20. The summed E-state index contributed by atoms with van der Waals surface area (Å²) >= 11 is 8.81. The van der Waals surface area contributed by atoms with Crippen molar-refractivity contribution in [3.63, 3.8) is 0 Å². The van der Waals surface area contributed by atoms with E-state index in [1.807, 2.05) is 16.8 Å². The van der Waals surface area contributed by atoms with Crippen LogP contribution in [0.25, 0.3) is 11.3 Å². The van der Waals surface area contributed by atoms with Gasteiger partial charge in [-0.1, -0.05) is 11.6 Å². The Hall–Kier alpha value is -0.380. The van der Waals surface area contributed by atoms with Crippen LogP contribution in [0.15, 0.2) is 22.2 Å². The van der Waals surface area contributed by atoms with Crippen LogP contribution in [0.4, 0.5) is 0 Å². The van der Waals surface area contributed by atoms with Gasteiger partial charge in [-0.15, -0.1) is 11.3 Å². The van der Waals surface area contributed by atoms with E-state index < -0.39 is 0 Å². The maximum atomic E-state index is 5.69. The van der Waals surface area contributed by atoms with Gasteiger partial charge in [-0.2, -0.15) is 11.3 Å². The Bertz CT molecular complexity index is 339. The van der Waals surface area contributed by atoms with E-state index in [0.717, 1.165) is 11.3 Å². The topological polar surface area (TPSA) is 12.9 Å². The van der Waals surface area contributed by atoms with Crippen LogP contribution < -0.4 is 0 Å². The Morgan fingerprint density at radius 1 is 1.36 bits per heavy atom. The molecule has 0 spiro atoms. The van der Waals surface area contributed by atoms with E-state index in [0.29, 0.717) is 4.47 Å². The molecule has 56 valence electrons. The average molecular weight is 202 g/mol. The molecule has 2 rings (SSSR count). The zero-order chi connectivity index (χ0) is 7.68. The monoisotopic (exact) mass is 201 g/mol.